The Morgan fingerprint density at radius 3 is 2.86 bits per heavy atom. The fourth-order valence-corrected chi connectivity index (χ4v) is 3.13. The van der Waals surface area contributed by atoms with Crippen LogP contribution in [0.5, 0.6) is 5.75 Å². The normalized spacial score (nSPS) is 18.8. The van der Waals surface area contributed by atoms with E-state index in [0.717, 1.165) is 44.8 Å². The predicted octanol–water partition coefficient (Wildman–Crippen LogP) is 1.77. The molecule has 1 aromatic carbocycles. The van der Waals surface area contributed by atoms with Gasteiger partial charge >= 0.3 is 0 Å². The zero-order valence-electron chi connectivity index (χ0n) is 12.6. The van der Waals surface area contributed by atoms with Crippen LogP contribution in [0.25, 0.3) is 0 Å². The molecule has 1 fully saturated rings. The summed E-state index contributed by atoms with van der Waals surface area (Å²) in [6.45, 7) is 3.64. The van der Waals surface area contributed by atoms with Crippen LogP contribution in [0, 0.1) is 0 Å². The van der Waals surface area contributed by atoms with Gasteiger partial charge in [-0.05, 0) is 61.9 Å². The van der Waals surface area contributed by atoms with Gasteiger partial charge in [0.1, 0.15) is 5.75 Å². The van der Waals surface area contributed by atoms with E-state index < -0.39 is 0 Å². The number of fused-ring (bicyclic) bond motifs is 1. The highest BCUT2D eigenvalue weighted by Crippen LogP contribution is 2.25. The Morgan fingerprint density at radius 2 is 1.95 bits per heavy atom. The molecule has 0 aromatic heterocycles. The Morgan fingerprint density at radius 1 is 1.10 bits per heavy atom. The fraction of sp³-hybridized carbons (Fsp3) is 0.588. The molecule has 0 unspecified atom stereocenters. The lowest BCUT2D eigenvalue weighted by Crippen LogP contribution is -2.37. The van der Waals surface area contributed by atoms with Crippen molar-refractivity contribution in [1.82, 2.24) is 10.2 Å². The van der Waals surface area contributed by atoms with E-state index in [4.69, 9.17) is 4.74 Å². The van der Waals surface area contributed by atoms with Crippen molar-refractivity contribution in [2.24, 2.45) is 0 Å². The lowest BCUT2D eigenvalue weighted by molar-refractivity contribution is -0.133. The zero-order chi connectivity index (χ0) is 14.5. The lowest BCUT2D eigenvalue weighted by Gasteiger charge is -2.21. The number of benzene rings is 1. The second kappa shape index (κ2) is 6.94. The maximum atomic E-state index is 12.2. The summed E-state index contributed by atoms with van der Waals surface area (Å²) in [6.07, 6.45) is 5.88. The van der Waals surface area contributed by atoms with Gasteiger partial charge in [-0.2, -0.15) is 0 Å². The van der Waals surface area contributed by atoms with E-state index in [1.54, 1.807) is 0 Å². The van der Waals surface area contributed by atoms with Gasteiger partial charge in [0, 0.05) is 19.6 Å². The Bertz CT molecular complexity index is 494. The summed E-state index contributed by atoms with van der Waals surface area (Å²) in [7, 11) is 0. The number of nitrogens with zero attached hydrogens (tertiary/aromatic N) is 1. The molecule has 2 aliphatic rings. The van der Waals surface area contributed by atoms with Crippen molar-refractivity contribution < 1.29 is 9.53 Å². The van der Waals surface area contributed by atoms with Crippen LogP contribution in [-0.4, -0.2) is 43.6 Å². The number of nitrogens with one attached hydrogen (secondary N) is 1. The second-order valence-corrected chi connectivity index (χ2v) is 5.91. The number of hydrogen-bond donors (Lipinski definition) is 1. The molecule has 0 atom stereocenters. The SMILES string of the molecule is O=C(COc1ccc2c(c1)CCCC2)N1CCCNCC1. The molecular formula is C17H24N2O2. The van der Waals surface area contributed by atoms with E-state index in [-0.39, 0.29) is 12.5 Å². The molecule has 0 radical (unpaired) electrons. The quantitative estimate of drug-likeness (QED) is 0.921. The standard InChI is InChI=1S/C17H24N2O2/c20-17(19-10-3-8-18-9-11-19)13-21-16-7-6-14-4-1-2-5-15(14)12-16/h6-7,12,18H,1-5,8-11,13H2. The molecule has 1 aliphatic carbocycles. The van der Waals surface area contributed by atoms with Crippen molar-refractivity contribution in [3.8, 4) is 5.75 Å². The molecule has 21 heavy (non-hydrogen) atoms. The van der Waals surface area contributed by atoms with Crippen LogP contribution in [0.15, 0.2) is 18.2 Å². The van der Waals surface area contributed by atoms with E-state index in [1.165, 1.54) is 30.4 Å². The minimum absolute atomic E-state index is 0.0939. The largest absolute Gasteiger partial charge is 0.484 e. The first-order valence-electron chi connectivity index (χ1n) is 8.06. The van der Waals surface area contributed by atoms with Crippen molar-refractivity contribution >= 4 is 5.91 Å². The summed E-state index contributed by atoms with van der Waals surface area (Å²) in [5.41, 5.74) is 2.84. The number of ether oxygens (including phenoxy) is 1. The van der Waals surface area contributed by atoms with Gasteiger partial charge in [0.2, 0.25) is 0 Å². The summed E-state index contributed by atoms with van der Waals surface area (Å²) < 4.78 is 5.72. The highest BCUT2D eigenvalue weighted by molar-refractivity contribution is 5.77. The van der Waals surface area contributed by atoms with Crippen molar-refractivity contribution in [3.05, 3.63) is 29.3 Å². The van der Waals surface area contributed by atoms with Gasteiger partial charge in [-0.3, -0.25) is 4.79 Å². The fourth-order valence-electron chi connectivity index (χ4n) is 3.13. The summed E-state index contributed by atoms with van der Waals surface area (Å²) in [6, 6.07) is 6.28. The van der Waals surface area contributed by atoms with Crippen LogP contribution < -0.4 is 10.1 Å². The predicted molar refractivity (Wildman–Crippen MR) is 82.6 cm³/mol. The van der Waals surface area contributed by atoms with E-state index in [1.807, 2.05) is 11.0 Å². The molecule has 1 saturated heterocycles. The first-order chi connectivity index (χ1) is 10.3. The Hall–Kier alpha value is -1.55. The van der Waals surface area contributed by atoms with Crippen molar-refractivity contribution in [2.75, 3.05) is 32.8 Å². The molecule has 1 aliphatic heterocycles. The molecule has 114 valence electrons. The maximum Gasteiger partial charge on any atom is 0.260 e. The van der Waals surface area contributed by atoms with Crippen LogP contribution in [0.4, 0.5) is 0 Å². The average Bonchev–Trinajstić information content (AvgIpc) is 2.81. The summed E-state index contributed by atoms with van der Waals surface area (Å²) >= 11 is 0. The summed E-state index contributed by atoms with van der Waals surface area (Å²) in [5, 5.41) is 3.31. The van der Waals surface area contributed by atoms with E-state index >= 15 is 0 Å². The van der Waals surface area contributed by atoms with Gasteiger partial charge in [0.25, 0.3) is 5.91 Å². The number of aryl methyl sites for hydroxylation is 2. The number of carbonyl (C=O) groups excluding carboxylic acids is 1. The molecule has 3 rings (SSSR count). The van der Waals surface area contributed by atoms with Crippen molar-refractivity contribution in [2.45, 2.75) is 32.1 Å². The van der Waals surface area contributed by atoms with Gasteiger partial charge < -0.3 is 15.0 Å². The van der Waals surface area contributed by atoms with Crippen LogP contribution >= 0.6 is 0 Å². The van der Waals surface area contributed by atoms with E-state index in [9.17, 15) is 4.79 Å². The zero-order valence-corrected chi connectivity index (χ0v) is 12.6. The molecular weight excluding hydrogens is 264 g/mol. The first kappa shape index (κ1) is 14.4. The number of carbonyl (C=O) groups is 1. The van der Waals surface area contributed by atoms with E-state index in [0.29, 0.717) is 0 Å². The highest BCUT2D eigenvalue weighted by Gasteiger charge is 2.16. The van der Waals surface area contributed by atoms with Crippen molar-refractivity contribution in [3.63, 3.8) is 0 Å². The van der Waals surface area contributed by atoms with Crippen LogP contribution in [0.3, 0.4) is 0 Å². The smallest absolute Gasteiger partial charge is 0.260 e. The molecule has 4 heteroatoms. The minimum atomic E-state index is 0.0939. The molecule has 1 heterocycles. The maximum absolute atomic E-state index is 12.2. The first-order valence-corrected chi connectivity index (χ1v) is 8.06. The molecule has 0 spiro atoms. The third-order valence-electron chi connectivity index (χ3n) is 4.38. The molecule has 1 amide bonds. The van der Waals surface area contributed by atoms with Gasteiger partial charge in [-0.25, -0.2) is 0 Å². The Balaban J connectivity index is 1.55. The highest BCUT2D eigenvalue weighted by atomic mass is 16.5. The van der Waals surface area contributed by atoms with Gasteiger partial charge in [0.05, 0.1) is 0 Å². The summed E-state index contributed by atoms with van der Waals surface area (Å²) in [5.74, 6) is 0.924. The van der Waals surface area contributed by atoms with Gasteiger partial charge in [-0.1, -0.05) is 6.07 Å². The monoisotopic (exact) mass is 288 g/mol. The molecule has 1 aromatic rings. The van der Waals surface area contributed by atoms with Crippen LogP contribution in [-0.2, 0) is 17.6 Å². The second-order valence-electron chi connectivity index (χ2n) is 5.91. The Labute approximate surface area is 126 Å². The van der Waals surface area contributed by atoms with E-state index in [2.05, 4.69) is 17.4 Å². The molecule has 0 saturated carbocycles. The van der Waals surface area contributed by atoms with Crippen LogP contribution in [0.1, 0.15) is 30.4 Å². The number of amides is 1. The topological polar surface area (TPSA) is 41.6 Å². The Kier molecular flexibility index (Phi) is 4.76. The third-order valence-corrected chi connectivity index (χ3v) is 4.38. The number of hydrogen-bond acceptors (Lipinski definition) is 3. The average molecular weight is 288 g/mol. The van der Waals surface area contributed by atoms with Crippen molar-refractivity contribution in [1.29, 1.82) is 0 Å². The van der Waals surface area contributed by atoms with Gasteiger partial charge in [0.15, 0.2) is 6.61 Å². The molecule has 4 nitrogen and oxygen atoms in total. The molecule has 0 bridgehead atoms. The lowest BCUT2D eigenvalue weighted by atomic mass is 9.92. The summed E-state index contributed by atoms with van der Waals surface area (Å²) in [4.78, 5) is 14.1. The third kappa shape index (κ3) is 3.76. The molecule has 1 N–H and O–H groups in total. The van der Waals surface area contributed by atoms with Gasteiger partial charge in [-0.15, -0.1) is 0 Å². The number of rotatable bonds is 3. The van der Waals surface area contributed by atoms with Crippen LogP contribution in [0.2, 0.25) is 0 Å². The minimum Gasteiger partial charge on any atom is -0.484 e.